The average molecular weight is 327 g/mol. The predicted octanol–water partition coefficient (Wildman–Crippen LogP) is 3.39. The number of H-pyrrole nitrogens is 1. The molecule has 2 rings (SSSR count). The first-order chi connectivity index (χ1) is 8.70. The predicted molar refractivity (Wildman–Crippen MR) is 76.7 cm³/mol. The Morgan fingerprint density at radius 3 is 3.00 bits per heavy atom. The lowest BCUT2D eigenvalue weighted by Gasteiger charge is -2.16. The van der Waals surface area contributed by atoms with Crippen molar-refractivity contribution in [2.24, 2.45) is 0 Å². The summed E-state index contributed by atoms with van der Waals surface area (Å²) < 4.78 is 1.07. The molecule has 1 unspecified atom stereocenters. The molecule has 0 saturated carbocycles. The van der Waals surface area contributed by atoms with Crippen LogP contribution in [-0.2, 0) is 0 Å². The van der Waals surface area contributed by atoms with Crippen molar-refractivity contribution in [3.05, 3.63) is 34.6 Å². The van der Waals surface area contributed by atoms with Crippen LogP contribution in [0.25, 0.3) is 0 Å². The van der Waals surface area contributed by atoms with Crippen LogP contribution in [0.5, 0.6) is 0 Å². The van der Waals surface area contributed by atoms with E-state index < -0.39 is 0 Å². The van der Waals surface area contributed by atoms with Crippen molar-refractivity contribution in [3.63, 3.8) is 0 Å². The molecule has 0 amide bonds. The van der Waals surface area contributed by atoms with Crippen molar-refractivity contribution in [1.29, 1.82) is 0 Å². The van der Waals surface area contributed by atoms with E-state index in [1.54, 1.807) is 11.8 Å². The van der Waals surface area contributed by atoms with E-state index in [4.69, 9.17) is 0 Å². The molecule has 0 bridgehead atoms. The zero-order valence-electron chi connectivity index (χ0n) is 10.3. The fourth-order valence-electron chi connectivity index (χ4n) is 1.72. The van der Waals surface area contributed by atoms with Crippen LogP contribution in [0.4, 0.5) is 0 Å². The molecule has 2 aromatic rings. The van der Waals surface area contributed by atoms with Gasteiger partial charge in [0.1, 0.15) is 6.33 Å². The summed E-state index contributed by atoms with van der Waals surface area (Å²) in [6.07, 6.45) is 1.52. The summed E-state index contributed by atoms with van der Waals surface area (Å²) in [4.78, 5) is 5.32. The van der Waals surface area contributed by atoms with Crippen LogP contribution in [0.3, 0.4) is 0 Å². The molecule has 0 radical (unpaired) electrons. The molecule has 0 aliphatic carbocycles. The molecule has 96 valence electrons. The van der Waals surface area contributed by atoms with Crippen LogP contribution in [0.1, 0.15) is 25.5 Å². The second-order valence-electron chi connectivity index (χ2n) is 3.85. The van der Waals surface area contributed by atoms with Gasteiger partial charge in [-0.25, -0.2) is 4.98 Å². The van der Waals surface area contributed by atoms with Gasteiger partial charge in [0.15, 0.2) is 5.16 Å². The van der Waals surface area contributed by atoms with Gasteiger partial charge in [-0.3, -0.25) is 5.10 Å². The lowest BCUT2D eigenvalue weighted by atomic mass is 10.1. The highest BCUT2D eigenvalue weighted by Crippen LogP contribution is 2.33. The molecule has 1 heterocycles. The quantitative estimate of drug-likeness (QED) is 0.884. The molecule has 4 nitrogen and oxygen atoms in total. The van der Waals surface area contributed by atoms with Gasteiger partial charge in [0.2, 0.25) is 0 Å². The van der Waals surface area contributed by atoms with Gasteiger partial charge >= 0.3 is 0 Å². The first-order valence-corrected chi connectivity index (χ1v) is 7.37. The maximum absolute atomic E-state index is 4.15. The van der Waals surface area contributed by atoms with Crippen LogP contribution in [0.15, 0.2) is 39.1 Å². The van der Waals surface area contributed by atoms with Crippen molar-refractivity contribution in [2.75, 3.05) is 6.54 Å². The van der Waals surface area contributed by atoms with Crippen LogP contribution < -0.4 is 5.32 Å². The Morgan fingerprint density at radius 2 is 2.33 bits per heavy atom. The molecule has 18 heavy (non-hydrogen) atoms. The standard InChI is InChI=1S/C12H15BrN4S/c1-3-14-8(2)10-5-4-9(13)6-11(10)18-12-15-7-16-17-12/h4-8,14H,3H2,1-2H3,(H,15,16,17). The first kappa shape index (κ1) is 13.6. The highest BCUT2D eigenvalue weighted by atomic mass is 79.9. The Hall–Kier alpha value is -0.850. The number of nitrogens with one attached hydrogen (secondary N) is 2. The van der Waals surface area contributed by atoms with E-state index in [1.807, 2.05) is 0 Å². The van der Waals surface area contributed by atoms with E-state index in [0.717, 1.165) is 16.2 Å². The zero-order chi connectivity index (χ0) is 13.0. The number of hydrogen-bond donors (Lipinski definition) is 2. The monoisotopic (exact) mass is 326 g/mol. The Labute approximate surface area is 119 Å². The number of benzene rings is 1. The molecule has 1 aromatic heterocycles. The van der Waals surface area contributed by atoms with Crippen molar-refractivity contribution < 1.29 is 0 Å². The van der Waals surface area contributed by atoms with E-state index in [9.17, 15) is 0 Å². The van der Waals surface area contributed by atoms with Gasteiger partial charge in [-0.05, 0) is 42.9 Å². The third kappa shape index (κ3) is 3.34. The van der Waals surface area contributed by atoms with Gasteiger partial charge in [0, 0.05) is 15.4 Å². The molecular formula is C12H15BrN4S. The molecule has 0 aliphatic rings. The van der Waals surface area contributed by atoms with Gasteiger partial charge < -0.3 is 5.32 Å². The van der Waals surface area contributed by atoms with Crippen molar-refractivity contribution in [1.82, 2.24) is 20.5 Å². The van der Waals surface area contributed by atoms with E-state index in [0.29, 0.717) is 6.04 Å². The van der Waals surface area contributed by atoms with Crippen LogP contribution in [0, 0.1) is 0 Å². The first-order valence-electron chi connectivity index (χ1n) is 5.76. The Bertz CT molecular complexity index is 501. The number of nitrogens with zero attached hydrogens (tertiary/aromatic N) is 2. The largest absolute Gasteiger partial charge is 0.310 e. The minimum Gasteiger partial charge on any atom is -0.310 e. The number of aromatic amines is 1. The van der Waals surface area contributed by atoms with Crippen LogP contribution >= 0.6 is 27.7 Å². The number of halogens is 1. The summed E-state index contributed by atoms with van der Waals surface area (Å²) in [5.41, 5.74) is 1.27. The maximum Gasteiger partial charge on any atom is 0.188 e. The summed E-state index contributed by atoms with van der Waals surface area (Å²) in [6.45, 7) is 5.22. The SMILES string of the molecule is CCNC(C)c1ccc(Br)cc1Sc1ncn[nH]1. The third-order valence-electron chi connectivity index (χ3n) is 2.55. The Kier molecular flexibility index (Phi) is 4.79. The zero-order valence-corrected chi connectivity index (χ0v) is 12.7. The van der Waals surface area contributed by atoms with E-state index in [-0.39, 0.29) is 0 Å². The van der Waals surface area contributed by atoms with Gasteiger partial charge in [0.25, 0.3) is 0 Å². The third-order valence-corrected chi connectivity index (χ3v) is 4.01. The fourth-order valence-corrected chi connectivity index (χ4v) is 3.19. The van der Waals surface area contributed by atoms with E-state index in [2.05, 4.69) is 68.5 Å². The highest BCUT2D eigenvalue weighted by Gasteiger charge is 2.12. The molecule has 0 spiro atoms. The maximum atomic E-state index is 4.15. The average Bonchev–Trinajstić information content (AvgIpc) is 2.82. The summed E-state index contributed by atoms with van der Waals surface area (Å²) >= 11 is 5.10. The summed E-state index contributed by atoms with van der Waals surface area (Å²) in [5, 5.41) is 11.0. The summed E-state index contributed by atoms with van der Waals surface area (Å²) in [5.74, 6) is 0. The van der Waals surface area contributed by atoms with E-state index in [1.165, 1.54) is 16.8 Å². The lowest BCUT2D eigenvalue weighted by Crippen LogP contribution is -2.18. The van der Waals surface area contributed by atoms with Gasteiger partial charge in [-0.15, -0.1) is 0 Å². The molecule has 0 fully saturated rings. The number of rotatable bonds is 5. The Morgan fingerprint density at radius 1 is 1.50 bits per heavy atom. The van der Waals surface area contributed by atoms with Crippen molar-refractivity contribution in [2.45, 2.75) is 29.9 Å². The summed E-state index contributed by atoms with van der Waals surface area (Å²) in [7, 11) is 0. The smallest absolute Gasteiger partial charge is 0.188 e. The minimum atomic E-state index is 0.313. The number of hydrogen-bond acceptors (Lipinski definition) is 4. The Balaban J connectivity index is 2.28. The topological polar surface area (TPSA) is 53.6 Å². The molecule has 6 heteroatoms. The van der Waals surface area contributed by atoms with Crippen LogP contribution in [0.2, 0.25) is 0 Å². The van der Waals surface area contributed by atoms with Gasteiger partial charge in [-0.2, -0.15) is 5.10 Å². The molecule has 2 N–H and O–H groups in total. The lowest BCUT2D eigenvalue weighted by molar-refractivity contribution is 0.589. The second-order valence-corrected chi connectivity index (χ2v) is 5.80. The minimum absolute atomic E-state index is 0.313. The number of aromatic nitrogens is 3. The molecule has 0 saturated heterocycles. The van der Waals surface area contributed by atoms with Crippen LogP contribution in [-0.4, -0.2) is 21.7 Å². The van der Waals surface area contributed by atoms with Crippen molar-refractivity contribution >= 4 is 27.7 Å². The summed E-state index contributed by atoms with van der Waals surface area (Å²) in [6, 6.07) is 6.62. The van der Waals surface area contributed by atoms with Crippen molar-refractivity contribution in [3.8, 4) is 0 Å². The van der Waals surface area contributed by atoms with Gasteiger partial charge in [-0.1, -0.05) is 28.9 Å². The second kappa shape index (κ2) is 6.36. The molecule has 0 aliphatic heterocycles. The van der Waals surface area contributed by atoms with Gasteiger partial charge in [0.05, 0.1) is 0 Å². The molecule has 1 atom stereocenters. The molecular weight excluding hydrogens is 312 g/mol. The normalized spacial score (nSPS) is 12.6. The fraction of sp³-hybridized carbons (Fsp3) is 0.333. The molecule has 1 aromatic carbocycles. The highest BCUT2D eigenvalue weighted by molar-refractivity contribution is 9.10. The van der Waals surface area contributed by atoms with E-state index >= 15 is 0 Å².